The lowest BCUT2D eigenvalue weighted by molar-refractivity contribution is -0.162. The number of aliphatic hydroxyl groups is 1. The summed E-state index contributed by atoms with van der Waals surface area (Å²) in [7, 11) is 1.73. The number of carboxylic acids is 1. The molecule has 1 aromatic carbocycles. The number of amides is 1. The first kappa shape index (κ1) is 19.1. The highest BCUT2D eigenvalue weighted by Crippen LogP contribution is 2.36. The summed E-state index contributed by atoms with van der Waals surface area (Å²) < 4.78 is 1.62. The Morgan fingerprint density at radius 1 is 1.30 bits per heavy atom. The van der Waals surface area contributed by atoms with Gasteiger partial charge in [-0.1, -0.05) is 30.3 Å². The molecule has 1 amide bonds. The monoisotopic (exact) mass is 371 g/mol. The van der Waals surface area contributed by atoms with Crippen LogP contribution in [0.1, 0.15) is 35.4 Å². The molecule has 1 fully saturated rings. The fourth-order valence-electron chi connectivity index (χ4n) is 3.78. The lowest BCUT2D eigenvalue weighted by Crippen LogP contribution is -2.57. The molecule has 27 heavy (non-hydrogen) atoms. The molecule has 7 heteroatoms. The van der Waals surface area contributed by atoms with Crippen LogP contribution < -0.4 is 0 Å². The van der Waals surface area contributed by atoms with Crippen molar-refractivity contribution in [3.63, 3.8) is 0 Å². The molecular formula is C20H25N3O4. The molecule has 1 saturated heterocycles. The normalized spacial score (nSPS) is 22.6. The van der Waals surface area contributed by atoms with E-state index in [4.69, 9.17) is 0 Å². The van der Waals surface area contributed by atoms with Gasteiger partial charge in [-0.05, 0) is 31.2 Å². The van der Waals surface area contributed by atoms with E-state index in [1.165, 1.54) is 11.1 Å². The van der Waals surface area contributed by atoms with Crippen molar-refractivity contribution in [3.8, 4) is 0 Å². The lowest BCUT2D eigenvalue weighted by Gasteiger charge is -2.43. The van der Waals surface area contributed by atoms with Gasteiger partial charge in [0.1, 0.15) is 5.41 Å². The molecule has 144 valence electrons. The minimum atomic E-state index is -1.35. The zero-order chi connectivity index (χ0) is 19.4. The Morgan fingerprint density at radius 3 is 2.67 bits per heavy atom. The molecule has 2 N–H and O–H groups in total. The molecule has 0 spiro atoms. The number of carboxylic acid groups (broad SMARTS) is 1. The van der Waals surface area contributed by atoms with Gasteiger partial charge in [-0.25, -0.2) is 4.98 Å². The number of aliphatic hydroxyl groups excluding tert-OH is 1. The molecule has 1 aromatic heterocycles. The molecule has 7 nitrogen and oxygen atoms in total. The van der Waals surface area contributed by atoms with Crippen LogP contribution in [0.5, 0.6) is 0 Å². The van der Waals surface area contributed by atoms with Crippen molar-refractivity contribution in [2.24, 2.45) is 12.5 Å². The van der Waals surface area contributed by atoms with E-state index < -0.39 is 17.5 Å². The number of carbonyl (C=O) groups is 2. The van der Waals surface area contributed by atoms with Crippen LogP contribution in [0.15, 0.2) is 42.7 Å². The van der Waals surface area contributed by atoms with Gasteiger partial charge in [-0.2, -0.15) is 0 Å². The third-order valence-corrected chi connectivity index (χ3v) is 5.44. The van der Waals surface area contributed by atoms with Gasteiger partial charge in [0.15, 0.2) is 5.82 Å². The first-order valence-electron chi connectivity index (χ1n) is 9.16. The Morgan fingerprint density at radius 2 is 2.04 bits per heavy atom. The number of nitrogens with zero attached hydrogens (tertiary/aromatic N) is 3. The molecule has 2 heterocycles. The predicted molar refractivity (Wildman–Crippen MR) is 99.2 cm³/mol. The molecule has 0 unspecified atom stereocenters. The second kappa shape index (κ2) is 7.92. The van der Waals surface area contributed by atoms with Crippen LogP contribution in [0.25, 0.3) is 0 Å². The number of piperidine rings is 1. The summed E-state index contributed by atoms with van der Waals surface area (Å²) in [4.78, 5) is 30.5. The first-order chi connectivity index (χ1) is 12.9. The number of benzene rings is 1. The van der Waals surface area contributed by atoms with Crippen molar-refractivity contribution in [1.82, 2.24) is 14.5 Å². The van der Waals surface area contributed by atoms with Crippen molar-refractivity contribution in [3.05, 3.63) is 54.1 Å². The number of hydrogen-bond donors (Lipinski definition) is 2. The van der Waals surface area contributed by atoms with E-state index in [1.54, 1.807) is 17.8 Å². The van der Waals surface area contributed by atoms with Gasteiger partial charge >= 0.3 is 5.97 Å². The largest absolute Gasteiger partial charge is 0.481 e. The van der Waals surface area contributed by atoms with Gasteiger partial charge < -0.3 is 19.7 Å². The van der Waals surface area contributed by atoms with Crippen molar-refractivity contribution >= 4 is 11.9 Å². The van der Waals surface area contributed by atoms with E-state index in [9.17, 15) is 19.8 Å². The summed E-state index contributed by atoms with van der Waals surface area (Å²) in [6.45, 7) is 0.310. The molecule has 2 atom stereocenters. The second-order valence-electron chi connectivity index (χ2n) is 7.19. The average Bonchev–Trinajstić information content (AvgIpc) is 3.09. The highest BCUT2D eigenvalue weighted by molar-refractivity contribution is 5.91. The fourth-order valence-corrected chi connectivity index (χ4v) is 3.78. The maximum Gasteiger partial charge on any atom is 0.314 e. The Kier molecular flexibility index (Phi) is 5.60. The molecule has 1 aliphatic rings. The number of aryl methyl sites for hydroxylation is 2. The summed E-state index contributed by atoms with van der Waals surface area (Å²) in [6.07, 6.45) is 4.15. The van der Waals surface area contributed by atoms with E-state index in [-0.39, 0.29) is 24.7 Å². The Balaban J connectivity index is 1.74. The molecule has 1 aliphatic heterocycles. The van der Waals surface area contributed by atoms with Crippen molar-refractivity contribution in [2.45, 2.75) is 31.8 Å². The highest BCUT2D eigenvalue weighted by atomic mass is 16.4. The van der Waals surface area contributed by atoms with Crippen LogP contribution in [0.2, 0.25) is 0 Å². The maximum absolute atomic E-state index is 12.8. The van der Waals surface area contributed by atoms with Crippen molar-refractivity contribution < 1.29 is 19.8 Å². The zero-order valence-electron chi connectivity index (χ0n) is 15.4. The van der Waals surface area contributed by atoms with Crippen molar-refractivity contribution in [2.75, 3.05) is 13.1 Å². The standard InChI is InChI=1S/C20H25N3O4/c1-22-13-11-21-17(22)18(25)23-12-9-16(24)20(14-23,19(26)27)10-5-8-15-6-3-2-4-7-15/h2-4,6-7,11,13,16,24H,5,8-10,12,14H2,1H3,(H,26,27)/t16-,20+/m0/s1. The first-order valence-corrected chi connectivity index (χ1v) is 9.16. The minimum absolute atomic E-state index is 0.00994. The van der Waals surface area contributed by atoms with Crippen LogP contribution in [0.4, 0.5) is 0 Å². The smallest absolute Gasteiger partial charge is 0.314 e. The van der Waals surface area contributed by atoms with Gasteiger partial charge in [0.2, 0.25) is 0 Å². The summed E-state index contributed by atoms with van der Waals surface area (Å²) in [5, 5.41) is 20.5. The Hall–Kier alpha value is -2.67. The van der Waals surface area contributed by atoms with E-state index in [0.717, 1.165) is 12.0 Å². The topological polar surface area (TPSA) is 95.7 Å². The number of rotatable bonds is 6. The summed E-state index contributed by atoms with van der Waals surface area (Å²) >= 11 is 0. The number of aromatic nitrogens is 2. The van der Waals surface area contributed by atoms with Crippen LogP contribution in [-0.2, 0) is 18.3 Å². The van der Waals surface area contributed by atoms with Gasteiger partial charge in [-0.3, -0.25) is 9.59 Å². The van der Waals surface area contributed by atoms with E-state index in [0.29, 0.717) is 19.4 Å². The summed E-state index contributed by atoms with van der Waals surface area (Å²) in [5.41, 5.74) is -0.224. The predicted octanol–water partition coefficient (Wildman–Crippen LogP) is 1.72. The van der Waals surface area contributed by atoms with E-state index in [2.05, 4.69) is 4.98 Å². The van der Waals surface area contributed by atoms with E-state index in [1.807, 2.05) is 30.3 Å². The maximum atomic E-state index is 12.8. The van der Waals surface area contributed by atoms with Gasteiger partial charge in [0.05, 0.1) is 6.10 Å². The van der Waals surface area contributed by atoms with Crippen LogP contribution in [-0.4, -0.2) is 55.7 Å². The second-order valence-corrected chi connectivity index (χ2v) is 7.19. The molecule has 0 radical (unpaired) electrons. The number of likely N-dealkylation sites (tertiary alicyclic amines) is 1. The summed E-state index contributed by atoms with van der Waals surface area (Å²) in [6, 6.07) is 9.84. The van der Waals surface area contributed by atoms with Crippen molar-refractivity contribution in [1.29, 1.82) is 0 Å². The lowest BCUT2D eigenvalue weighted by atomic mass is 9.73. The molecule has 0 aliphatic carbocycles. The van der Waals surface area contributed by atoms with Crippen LogP contribution >= 0.6 is 0 Å². The van der Waals surface area contributed by atoms with Gasteiger partial charge in [0, 0.05) is 32.5 Å². The molecule has 2 aromatic rings. The number of imidazole rings is 1. The average molecular weight is 371 g/mol. The summed E-state index contributed by atoms with van der Waals surface area (Å²) in [5.74, 6) is -1.08. The SMILES string of the molecule is Cn1ccnc1C(=O)N1CC[C@H](O)[C@](CCCc2ccccc2)(C(=O)O)C1. The molecule has 0 bridgehead atoms. The van der Waals surface area contributed by atoms with Crippen LogP contribution in [0, 0.1) is 5.41 Å². The van der Waals surface area contributed by atoms with Gasteiger partial charge in [0.25, 0.3) is 5.91 Å². The molecule has 0 saturated carbocycles. The zero-order valence-corrected chi connectivity index (χ0v) is 15.4. The number of aliphatic carboxylic acids is 1. The minimum Gasteiger partial charge on any atom is -0.481 e. The third kappa shape index (κ3) is 3.88. The Labute approximate surface area is 158 Å². The number of carbonyl (C=O) groups excluding carboxylic acids is 1. The van der Waals surface area contributed by atoms with Crippen LogP contribution in [0.3, 0.4) is 0 Å². The third-order valence-electron chi connectivity index (χ3n) is 5.44. The quantitative estimate of drug-likeness (QED) is 0.806. The highest BCUT2D eigenvalue weighted by Gasteiger charge is 2.50. The molecule has 3 rings (SSSR count). The molecular weight excluding hydrogens is 346 g/mol. The number of hydrogen-bond acceptors (Lipinski definition) is 4. The fraction of sp³-hybridized carbons (Fsp3) is 0.450. The van der Waals surface area contributed by atoms with E-state index >= 15 is 0 Å². The van der Waals surface area contributed by atoms with Gasteiger partial charge in [-0.15, -0.1) is 0 Å². The Bertz CT molecular complexity index is 805.